The molecule has 0 aromatic heterocycles. The minimum Gasteiger partial charge on any atom is -0.482 e. The van der Waals surface area contributed by atoms with Crippen molar-refractivity contribution in [1.82, 2.24) is 10.2 Å². The molecule has 4 nitrogen and oxygen atoms in total. The van der Waals surface area contributed by atoms with Gasteiger partial charge in [0, 0.05) is 31.5 Å². The highest BCUT2D eigenvalue weighted by Gasteiger charge is 2.38. The molecule has 1 amide bonds. The number of nitrogens with zero attached hydrogens (tertiary/aromatic N) is 1. The molecule has 2 aliphatic rings. The fraction of sp³-hybridized carbons (Fsp3) is 0.400. The van der Waals surface area contributed by atoms with Crippen LogP contribution in [0.15, 0.2) is 60.2 Å². The van der Waals surface area contributed by atoms with Crippen molar-refractivity contribution >= 4 is 11.5 Å². The van der Waals surface area contributed by atoms with Crippen molar-refractivity contribution in [1.29, 1.82) is 0 Å². The van der Waals surface area contributed by atoms with Crippen LogP contribution in [-0.4, -0.2) is 42.6 Å². The van der Waals surface area contributed by atoms with Crippen LogP contribution in [0.25, 0.3) is 5.57 Å². The van der Waals surface area contributed by atoms with Crippen molar-refractivity contribution in [3.8, 4) is 5.75 Å². The number of amides is 1. The number of likely N-dealkylation sites (N-methyl/N-ethyl adjacent to an activating group) is 1. The molecule has 1 aromatic carbocycles. The number of hydrogen-bond acceptors (Lipinski definition) is 3. The third-order valence-corrected chi connectivity index (χ3v) is 5.83. The molecular weight excluding hydrogens is 379 g/mol. The van der Waals surface area contributed by atoms with Crippen molar-refractivity contribution in [3.05, 3.63) is 71.6 Å². The van der Waals surface area contributed by atoms with Gasteiger partial charge in [0.25, 0.3) is 5.91 Å². The van der Waals surface area contributed by atoms with E-state index < -0.39 is 5.60 Å². The van der Waals surface area contributed by atoms with Gasteiger partial charge in [-0.1, -0.05) is 24.8 Å². The van der Waals surface area contributed by atoms with Gasteiger partial charge in [0.2, 0.25) is 0 Å². The number of halogens is 1. The van der Waals surface area contributed by atoms with Crippen molar-refractivity contribution < 1.29 is 13.9 Å². The van der Waals surface area contributed by atoms with Gasteiger partial charge in [-0.3, -0.25) is 4.79 Å². The van der Waals surface area contributed by atoms with Crippen LogP contribution in [0.2, 0.25) is 0 Å². The van der Waals surface area contributed by atoms with E-state index in [9.17, 15) is 9.18 Å². The predicted molar refractivity (Wildman–Crippen MR) is 120 cm³/mol. The summed E-state index contributed by atoms with van der Waals surface area (Å²) in [6.45, 7) is 12.7. The molecule has 5 heteroatoms. The predicted octanol–water partition coefficient (Wildman–Crippen LogP) is 4.65. The van der Waals surface area contributed by atoms with E-state index in [0.29, 0.717) is 30.0 Å². The highest BCUT2D eigenvalue weighted by Crippen LogP contribution is 2.44. The van der Waals surface area contributed by atoms with Gasteiger partial charge in [-0.15, -0.1) is 0 Å². The van der Waals surface area contributed by atoms with Crippen molar-refractivity contribution in [2.24, 2.45) is 0 Å². The van der Waals surface area contributed by atoms with Crippen LogP contribution in [0.1, 0.15) is 39.2 Å². The summed E-state index contributed by atoms with van der Waals surface area (Å²) in [5.74, 6) is 0.169. The van der Waals surface area contributed by atoms with Crippen molar-refractivity contribution in [2.45, 2.75) is 39.2 Å². The fourth-order valence-corrected chi connectivity index (χ4v) is 4.08. The average Bonchev–Trinajstić information content (AvgIpc) is 2.75. The molecule has 0 atom stereocenters. The Morgan fingerprint density at radius 2 is 1.97 bits per heavy atom. The summed E-state index contributed by atoms with van der Waals surface area (Å²) in [7, 11) is 0. The Labute approximate surface area is 178 Å². The van der Waals surface area contributed by atoms with Crippen LogP contribution in [0.4, 0.5) is 4.39 Å². The van der Waals surface area contributed by atoms with E-state index in [1.54, 1.807) is 17.0 Å². The maximum atomic E-state index is 14.8. The summed E-state index contributed by atoms with van der Waals surface area (Å²) in [5.41, 5.74) is 2.09. The number of carbonyl (C=O) groups excluding carboxylic acids is 1. The second-order valence-corrected chi connectivity index (χ2v) is 7.67. The summed E-state index contributed by atoms with van der Waals surface area (Å²) in [5, 5.41) is 3.36. The Balaban J connectivity index is 1.97. The smallest absolute Gasteiger partial charge is 0.253 e. The molecule has 0 radical (unpaired) electrons. The lowest BCUT2D eigenvalue weighted by molar-refractivity contribution is -0.126. The molecule has 2 heterocycles. The van der Waals surface area contributed by atoms with Gasteiger partial charge in [0.15, 0.2) is 0 Å². The van der Waals surface area contributed by atoms with Crippen LogP contribution < -0.4 is 10.1 Å². The molecule has 160 valence electrons. The van der Waals surface area contributed by atoms with E-state index >= 15 is 0 Å². The minimum absolute atomic E-state index is 0.0888. The minimum atomic E-state index is -0.447. The summed E-state index contributed by atoms with van der Waals surface area (Å²) >= 11 is 0. The lowest BCUT2D eigenvalue weighted by Crippen LogP contribution is -2.46. The number of allylic oxidation sites excluding steroid dienone is 4. The van der Waals surface area contributed by atoms with Crippen LogP contribution >= 0.6 is 0 Å². The second kappa shape index (κ2) is 9.43. The molecule has 1 N–H and O–H groups in total. The van der Waals surface area contributed by atoms with E-state index in [1.807, 2.05) is 39.0 Å². The molecule has 0 unspecified atom stereocenters. The van der Waals surface area contributed by atoms with Gasteiger partial charge in [0.1, 0.15) is 17.2 Å². The Morgan fingerprint density at radius 1 is 1.27 bits per heavy atom. The standard InChI is InChI=1S/C25H31FN2O2/c1-5-19(12-11-18(4)24(29)28(6-2)7-3)20-17-25(13-15-27-16-14-25)30-22-10-8-9-21(26)23(20)22/h5,8-12,17,27H,4,6-7,13-16H2,1-3H3/b12-11-,19-5+. The second-order valence-electron chi connectivity index (χ2n) is 7.67. The highest BCUT2D eigenvalue weighted by molar-refractivity contribution is 5.96. The van der Waals surface area contributed by atoms with Gasteiger partial charge >= 0.3 is 0 Å². The average molecular weight is 411 g/mol. The van der Waals surface area contributed by atoms with Crippen LogP contribution in [0, 0.1) is 5.82 Å². The Kier molecular flexibility index (Phi) is 6.93. The van der Waals surface area contributed by atoms with E-state index in [0.717, 1.165) is 37.1 Å². The third-order valence-electron chi connectivity index (χ3n) is 5.83. The topological polar surface area (TPSA) is 41.6 Å². The molecule has 3 rings (SSSR count). The lowest BCUT2D eigenvalue weighted by atomic mass is 9.83. The lowest BCUT2D eigenvalue weighted by Gasteiger charge is -2.40. The first-order valence-corrected chi connectivity index (χ1v) is 10.7. The maximum Gasteiger partial charge on any atom is 0.253 e. The van der Waals surface area contributed by atoms with Gasteiger partial charge in [0.05, 0.1) is 5.56 Å². The largest absolute Gasteiger partial charge is 0.482 e. The molecule has 1 saturated heterocycles. The number of ether oxygens (including phenoxy) is 1. The zero-order chi connectivity index (χ0) is 21.7. The van der Waals surface area contributed by atoms with Crippen molar-refractivity contribution in [2.75, 3.05) is 26.2 Å². The highest BCUT2D eigenvalue weighted by atomic mass is 19.1. The molecule has 1 spiro atoms. The summed E-state index contributed by atoms with van der Waals surface area (Å²) < 4.78 is 21.1. The Bertz CT molecular complexity index is 904. The van der Waals surface area contributed by atoms with Gasteiger partial charge in [-0.05, 0) is 69.3 Å². The molecule has 0 saturated carbocycles. The summed E-state index contributed by atoms with van der Waals surface area (Å²) in [6.07, 6.45) is 9.22. The van der Waals surface area contributed by atoms with Crippen LogP contribution in [-0.2, 0) is 4.79 Å². The van der Waals surface area contributed by atoms with Crippen LogP contribution in [0.5, 0.6) is 5.75 Å². The van der Waals surface area contributed by atoms with E-state index in [4.69, 9.17) is 4.74 Å². The first kappa shape index (κ1) is 22.0. The molecule has 1 aromatic rings. The maximum absolute atomic E-state index is 14.8. The molecule has 2 aliphatic heterocycles. The SMILES string of the molecule is C=C(/C=C\C(=C/C)C1=CC2(CCNCC2)Oc2cccc(F)c21)C(=O)N(CC)CC. The number of rotatable bonds is 6. The summed E-state index contributed by atoms with van der Waals surface area (Å²) in [6, 6.07) is 4.97. The van der Waals surface area contributed by atoms with E-state index in [-0.39, 0.29) is 11.7 Å². The Morgan fingerprint density at radius 3 is 2.60 bits per heavy atom. The van der Waals surface area contributed by atoms with Crippen LogP contribution in [0.3, 0.4) is 0 Å². The summed E-state index contributed by atoms with van der Waals surface area (Å²) in [4.78, 5) is 14.3. The molecule has 30 heavy (non-hydrogen) atoms. The molecule has 0 aliphatic carbocycles. The van der Waals surface area contributed by atoms with Gasteiger partial charge in [-0.2, -0.15) is 0 Å². The zero-order valence-electron chi connectivity index (χ0n) is 18.1. The third kappa shape index (κ3) is 4.41. The van der Waals surface area contributed by atoms with Gasteiger partial charge < -0.3 is 15.0 Å². The number of nitrogens with one attached hydrogen (secondary N) is 1. The quantitative estimate of drug-likeness (QED) is 0.548. The normalized spacial score (nSPS) is 18.0. The van der Waals surface area contributed by atoms with Crippen molar-refractivity contribution in [3.63, 3.8) is 0 Å². The molecule has 0 bridgehead atoms. The number of piperidine rings is 1. The first-order valence-electron chi connectivity index (χ1n) is 10.7. The monoisotopic (exact) mass is 410 g/mol. The number of carbonyl (C=O) groups is 1. The number of benzene rings is 1. The molecule has 1 fully saturated rings. The van der Waals surface area contributed by atoms with Gasteiger partial charge in [-0.25, -0.2) is 4.39 Å². The zero-order valence-corrected chi connectivity index (χ0v) is 18.1. The number of fused-ring (bicyclic) bond motifs is 1. The van der Waals surface area contributed by atoms with E-state index in [2.05, 4.69) is 18.0 Å². The number of hydrogen-bond donors (Lipinski definition) is 1. The Hall–Kier alpha value is -2.66. The van der Waals surface area contributed by atoms with E-state index in [1.165, 1.54) is 6.07 Å². The first-order chi connectivity index (χ1) is 14.4. The fourth-order valence-electron chi connectivity index (χ4n) is 4.08. The molecular formula is C25H31FN2O2.